The fraction of sp³-hybridized carbons (Fsp3) is 0.143. The van der Waals surface area contributed by atoms with Crippen molar-refractivity contribution in [2.24, 2.45) is 7.05 Å². The molecule has 0 radical (unpaired) electrons. The van der Waals surface area contributed by atoms with E-state index >= 15 is 0 Å². The monoisotopic (exact) mass is 430 g/mol. The van der Waals surface area contributed by atoms with Crippen molar-refractivity contribution in [2.45, 2.75) is 11.6 Å². The van der Waals surface area contributed by atoms with Gasteiger partial charge in [-0.2, -0.15) is 18.3 Å². The van der Waals surface area contributed by atoms with Crippen molar-refractivity contribution in [3.63, 3.8) is 0 Å². The molecule has 0 fully saturated rings. The molecule has 0 bridgehead atoms. The number of alkyl halides is 3. The summed E-state index contributed by atoms with van der Waals surface area (Å²) in [5.41, 5.74) is 0.848. The number of carbonyl (C=O) groups is 1. The topological polar surface area (TPSA) is 59.0 Å². The van der Waals surface area contributed by atoms with E-state index in [1.54, 1.807) is 0 Å². The van der Waals surface area contributed by atoms with E-state index in [1.807, 2.05) is 60.7 Å². The van der Waals surface area contributed by atoms with E-state index in [2.05, 4.69) is 15.7 Å². The van der Waals surface area contributed by atoms with Crippen LogP contribution in [0.1, 0.15) is 32.6 Å². The van der Waals surface area contributed by atoms with Crippen molar-refractivity contribution in [2.75, 3.05) is 0 Å². The predicted molar refractivity (Wildman–Crippen MR) is 109 cm³/mol. The van der Waals surface area contributed by atoms with Crippen LogP contribution in [0.25, 0.3) is 5.70 Å². The molecule has 9 heteroatoms. The number of nitrogens with one attached hydrogen (secondary N) is 2. The van der Waals surface area contributed by atoms with Gasteiger partial charge in [0.15, 0.2) is 0 Å². The Morgan fingerprint density at radius 3 is 2.37 bits per heavy atom. The lowest BCUT2D eigenvalue weighted by atomic mass is 10.1. The highest BCUT2D eigenvalue weighted by Crippen LogP contribution is 2.42. The molecule has 1 unspecified atom stereocenters. The zero-order chi connectivity index (χ0) is 21.3. The van der Waals surface area contributed by atoms with Crippen LogP contribution < -0.4 is 10.6 Å². The SMILES string of the molecule is Cn1ncc(C(F)(F)F)c1C(=O)NC1=C(c2ccccc2)NC(c2ccccc2)S1. The zero-order valence-electron chi connectivity index (χ0n) is 15.8. The lowest BCUT2D eigenvalue weighted by Gasteiger charge is -2.12. The van der Waals surface area contributed by atoms with Crippen LogP contribution in [-0.2, 0) is 13.2 Å². The molecule has 2 heterocycles. The third-order valence-corrected chi connectivity index (χ3v) is 5.76. The van der Waals surface area contributed by atoms with E-state index in [-0.39, 0.29) is 5.37 Å². The number of carbonyl (C=O) groups excluding carboxylic acids is 1. The minimum Gasteiger partial charge on any atom is -0.367 e. The summed E-state index contributed by atoms with van der Waals surface area (Å²) in [5.74, 6) is -0.867. The third-order valence-electron chi connectivity index (χ3n) is 4.59. The van der Waals surface area contributed by atoms with Gasteiger partial charge in [0.1, 0.15) is 21.7 Å². The molecule has 0 spiro atoms. The molecule has 154 valence electrons. The molecule has 4 rings (SSSR count). The smallest absolute Gasteiger partial charge is 0.367 e. The largest absolute Gasteiger partial charge is 0.420 e. The normalized spacial score (nSPS) is 16.5. The van der Waals surface area contributed by atoms with Crippen LogP contribution in [-0.4, -0.2) is 15.7 Å². The number of amides is 1. The van der Waals surface area contributed by atoms with Crippen LogP contribution in [0.4, 0.5) is 13.2 Å². The van der Waals surface area contributed by atoms with E-state index in [4.69, 9.17) is 0 Å². The van der Waals surface area contributed by atoms with E-state index in [1.165, 1.54) is 18.8 Å². The maximum atomic E-state index is 13.3. The van der Waals surface area contributed by atoms with Crippen LogP contribution in [0.5, 0.6) is 0 Å². The Kier molecular flexibility index (Phi) is 5.29. The van der Waals surface area contributed by atoms with Gasteiger partial charge in [0.05, 0.1) is 11.9 Å². The highest BCUT2D eigenvalue weighted by atomic mass is 32.2. The number of halogens is 3. The van der Waals surface area contributed by atoms with Crippen molar-refractivity contribution in [3.05, 3.63) is 94.3 Å². The van der Waals surface area contributed by atoms with Gasteiger partial charge in [-0.1, -0.05) is 72.4 Å². The number of hydrogen-bond acceptors (Lipinski definition) is 4. The minimum absolute atomic E-state index is 0.190. The van der Waals surface area contributed by atoms with Gasteiger partial charge in [-0.3, -0.25) is 9.48 Å². The molecular formula is C21H17F3N4OS. The molecule has 1 amide bonds. The predicted octanol–water partition coefficient (Wildman–Crippen LogP) is 4.53. The number of aromatic nitrogens is 2. The quantitative estimate of drug-likeness (QED) is 0.639. The third kappa shape index (κ3) is 3.93. The van der Waals surface area contributed by atoms with Gasteiger partial charge in [-0.25, -0.2) is 0 Å². The number of aryl methyl sites for hydroxylation is 1. The molecule has 2 aromatic carbocycles. The van der Waals surface area contributed by atoms with Gasteiger partial charge < -0.3 is 10.6 Å². The molecule has 1 aromatic heterocycles. The average molecular weight is 430 g/mol. The number of hydrogen-bond donors (Lipinski definition) is 2. The summed E-state index contributed by atoms with van der Waals surface area (Å²) >= 11 is 1.34. The Morgan fingerprint density at radius 2 is 1.73 bits per heavy atom. The van der Waals surface area contributed by atoms with Crippen molar-refractivity contribution < 1.29 is 18.0 Å². The first-order chi connectivity index (χ1) is 14.3. The number of nitrogens with zero attached hydrogens (tertiary/aromatic N) is 2. The number of thioether (sulfide) groups is 1. The Morgan fingerprint density at radius 1 is 1.10 bits per heavy atom. The summed E-state index contributed by atoms with van der Waals surface area (Å²) in [5, 5.41) is 9.91. The van der Waals surface area contributed by atoms with Gasteiger partial charge in [-0.15, -0.1) is 0 Å². The second-order valence-corrected chi connectivity index (χ2v) is 7.72. The second-order valence-electron chi connectivity index (χ2n) is 6.61. The van der Waals surface area contributed by atoms with Crippen LogP contribution >= 0.6 is 11.8 Å². The van der Waals surface area contributed by atoms with Gasteiger partial charge in [0.2, 0.25) is 0 Å². The number of rotatable bonds is 4. The van der Waals surface area contributed by atoms with Gasteiger partial charge in [-0.05, 0) is 5.56 Å². The van der Waals surface area contributed by atoms with E-state index < -0.39 is 23.3 Å². The Bertz CT molecular complexity index is 1090. The summed E-state index contributed by atoms with van der Waals surface area (Å²) in [6.07, 6.45) is -4.01. The Hall–Kier alpha value is -3.20. The van der Waals surface area contributed by atoms with Crippen molar-refractivity contribution in [1.82, 2.24) is 20.4 Å². The molecule has 0 aliphatic carbocycles. The lowest BCUT2D eigenvalue weighted by Crippen LogP contribution is -2.27. The fourth-order valence-electron chi connectivity index (χ4n) is 3.17. The standard InChI is InChI=1S/C21H17F3N4OS/c1-28-17(15(12-25-28)21(22,23)24)18(29)27-20-16(13-8-4-2-5-9-13)26-19(30-20)14-10-6-3-7-11-14/h2-12,19,26H,1H3,(H,27,29). The van der Waals surface area contributed by atoms with Crippen molar-refractivity contribution in [1.29, 1.82) is 0 Å². The Labute approximate surface area is 175 Å². The molecule has 30 heavy (non-hydrogen) atoms. The van der Waals surface area contributed by atoms with Crippen molar-refractivity contribution >= 4 is 23.4 Å². The van der Waals surface area contributed by atoms with Gasteiger partial charge in [0, 0.05) is 12.6 Å². The van der Waals surface area contributed by atoms with E-state index in [0.717, 1.165) is 15.8 Å². The second kappa shape index (κ2) is 7.91. The zero-order valence-corrected chi connectivity index (χ0v) is 16.6. The molecule has 1 atom stereocenters. The Balaban J connectivity index is 1.68. The molecule has 0 saturated carbocycles. The molecule has 3 aromatic rings. The first kappa shape index (κ1) is 20.1. The lowest BCUT2D eigenvalue weighted by molar-refractivity contribution is -0.138. The van der Waals surface area contributed by atoms with Crippen molar-refractivity contribution in [3.8, 4) is 0 Å². The number of benzene rings is 2. The van der Waals surface area contributed by atoms with E-state index in [0.29, 0.717) is 16.9 Å². The molecule has 1 aliphatic heterocycles. The van der Waals surface area contributed by atoms with Crippen LogP contribution in [0.15, 0.2) is 71.9 Å². The highest BCUT2D eigenvalue weighted by molar-refractivity contribution is 8.03. The molecule has 1 aliphatic rings. The maximum Gasteiger partial charge on any atom is 0.420 e. The average Bonchev–Trinajstić information content (AvgIpc) is 3.33. The molecule has 0 saturated heterocycles. The first-order valence-electron chi connectivity index (χ1n) is 9.03. The summed E-state index contributed by atoms with van der Waals surface area (Å²) in [7, 11) is 1.31. The molecule has 5 nitrogen and oxygen atoms in total. The summed E-state index contributed by atoms with van der Waals surface area (Å²) in [6.45, 7) is 0. The van der Waals surface area contributed by atoms with Gasteiger partial charge in [0.25, 0.3) is 5.91 Å². The molecule has 2 N–H and O–H groups in total. The summed E-state index contributed by atoms with van der Waals surface area (Å²) in [4.78, 5) is 12.8. The highest BCUT2D eigenvalue weighted by Gasteiger charge is 2.39. The minimum atomic E-state index is -4.68. The maximum absolute atomic E-state index is 13.3. The summed E-state index contributed by atoms with van der Waals surface area (Å²) in [6, 6.07) is 18.9. The van der Waals surface area contributed by atoms with Crippen LogP contribution in [0, 0.1) is 0 Å². The van der Waals surface area contributed by atoms with Crippen LogP contribution in [0.2, 0.25) is 0 Å². The van der Waals surface area contributed by atoms with Gasteiger partial charge >= 0.3 is 6.18 Å². The van der Waals surface area contributed by atoms with E-state index in [9.17, 15) is 18.0 Å². The fourth-order valence-corrected chi connectivity index (χ4v) is 4.32. The first-order valence-corrected chi connectivity index (χ1v) is 9.91. The molecular weight excluding hydrogens is 413 g/mol. The van der Waals surface area contributed by atoms with Crippen LogP contribution in [0.3, 0.4) is 0 Å². The summed E-state index contributed by atoms with van der Waals surface area (Å²) < 4.78 is 40.8.